The van der Waals surface area contributed by atoms with Gasteiger partial charge in [-0.1, -0.05) is 38.5 Å². The highest BCUT2D eigenvalue weighted by Gasteiger charge is 2.11. The lowest BCUT2D eigenvalue weighted by atomic mass is 10.0. The molecule has 0 radical (unpaired) electrons. The molecule has 1 aromatic rings. The average Bonchev–Trinajstić information content (AvgIpc) is 2.38. The summed E-state index contributed by atoms with van der Waals surface area (Å²) in [6.45, 7) is 5.48. The van der Waals surface area contributed by atoms with E-state index in [9.17, 15) is 5.11 Å². The minimum absolute atomic E-state index is 0.282. The first-order valence-corrected chi connectivity index (χ1v) is 6.17. The summed E-state index contributed by atoms with van der Waals surface area (Å²) in [5.74, 6) is 1.13. The Balaban J connectivity index is 2.05. The van der Waals surface area contributed by atoms with Crippen molar-refractivity contribution in [2.75, 3.05) is 19.8 Å². The van der Waals surface area contributed by atoms with Crippen LogP contribution in [0.4, 0.5) is 0 Å². The van der Waals surface area contributed by atoms with Crippen LogP contribution in [0.3, 0.4) is 0 Å². The van der Waals surface area contributed by atoms with E-state index in [1.54, 1.807) is 0 Å². The molecule has 3 heteroatoms. The molecule has 1 rings (SSSR count). The molecule has 1 aromatic carbocycles. The Morgan fingerprint density at radius 2 is 1.88 bits per heavy atom. The van der Waals surface area contributed by atoms with Crippen LogP contribution in [0, 0.1) is 5.92 Å². The molecule has 17 heavy (non-hydrogen) atoms. The van der Waals surface area contributed by atoms with Crippen molar-refractivity contribution in [3.63, 3.8) is 0 Å². The zero-order chi connectivity index (χ0) is 12.5. The van der Waals surface area contributed by atoms with Crippen molar-refractivity contribution in [3.8, 4) is 5.75 Å². The smallest absolute Gasteiger partial charge is 0.119 e. The second-order valence-corrected chi connectivity index (χ2v) is 4.19. The number of benzene rings is 1. The first-order chi connectivity index (χ1) is 8.24. The maximum Gasteiger partial charge on any atom is 0.119 e. The van der Waals surface area contributed by atoms with Gasteiger partial charge in [-0.25, -0.2) is 0 Å². The van der Waals surface area contributed by atoms with E-state index in [4.69, 9.17) is 9.47 Å². The first kappa shape index (κ1) is 14.0. The molecule has 0 bridgehead atoms. The van der Waals surface area contributed by atoms with Crippen LogP contribution in [0.15, 0.2) is 30.3 Å². The summed E-state index contributed by atoms with van der Waals surface area (Å²) in [5, 5.41) is 9.67. The molecular weight excluding hydrogens is 216 g/mol. The Kier molecular flexibility index (Phi) is 6.67. The van der Waals surface area contributed by atoms with E-state index < -0.39 is 0 Å². The van der Waals surface area contributed by atoms with E-state index in [-0.39, 0.29) is 12.0 Å². The second kappa shape index (κ2) is 8.09. The Morgan fingerprint density at radius 3 is 2.53 bits per heavy atom. The second-order valence-electron chi connectivity index (χ2n) is 4.19. The van der Waals surface area contributed by atoms with Gasteiger partial charge in [0, 0.05) is 0 Å². The molecule has 0 aliphatic heterocycles. The van der Waals surface area contributed by atoms with Gasteiger partial charge in [-0.05, 0) is 18.1 Å². The summed E-state index contributed by atoms with van der Waals surface area (Å²) in [6.07, 6.45) is 0.585. The van der Waals surface area contributed by atoms with Crippen LogP contribution in [-0.2, 0) is 4.74 Å². The molecule has 2 unspecified atom stereocenters. The molecule has 0 saturated carbocycles. The number of para-hydroxylation sites is 1. The number of ether oxygens (including phenoxy) is 2. The summed E-state index contributed by atoms with van der Waals surface area (Å²) >= 11 is 0. The number of hydrogen-bond donors (Lipinski definition) is 1. The maximum atomic E-state index is 9.67. The molecular formula is C14H22O3. The van der Waals surface area contributed by atoms with Crippen molar-refractivity contribution in [3.05, 3.63) is 30.3 Å². The van der Waals surface area contributed by atoms with Crippen molar-refractivity contribution >= 4 is 0 Å². The van der Waals surface area contributed by atoms with E-state index in [1.165, 1.54) is 0 Å². The zero-order valence-corrected chi connectivity index (χ0v) is 10.6. The van der Waals surface area contributed by atoms with Gasteiger partial charge in [0.2, 0.25) is 0 Å². The molecule has 0 aliphatic carbocycles. The van der Waals surface area contributed by atoms with E-state index >= 15 is 0 Å². The van der Waals surface area contributed by atoms with Gasteiger partial charge in [0.05, 0.1) is 19.3 Å². The van der Waals surface area contributed by atoms with Crippen LogP contribution in [-0.4, -0.2) is 31.0 Å². The van der Waals surface area contributed by atoms with Crippen LogP contribution >= 0.6 is 0 Å². The predicted molar refractivity (Wildman–Crippen MR) is 68.2 cm³/mol. The molecule has 0 saturated heterocycles. The number of aliphatic hydroxyl groups excluding tert-OH is 1. The normalized spacial score (nSPS) is 14.3. The SMILES string of the molecule is CCC(C)C(O)COCCOc1ccccc1. The van der Waals surface area contributed by atoms with Crippen LogP contribution in [0.2, 0.25) is 0 Å². The topological polar surface area (TPSA) is 38.7 Å². The van der Waals surface area contributed by atoms with Crippen molar-refractivity contribution in [1.82, 2.24) is 0 Å². The number of rotatable bonds is 8. The predicted octanol–water partition coefficient (Wildman–Crippen LogP) is 2.49. The largest absolute Gasteiger partial charge is 0.491 e. The monoisotopic (exact) mass is 238 g/mol. The lowest BCUT2D eigenvalue weighted by molar-refractivity contribution is -0.000217. The number of aliphatic hydroxyl groups is 1. The first-order valence-electron chi connectivity index (χ1n) is 6.17. The molecule has 0 aliphatic rings. The Labute approximate surface area is 103 Å². The molecule has 0 fully saturated rings. The molecule has 0 amide bonds. The fourth-order valence-electron chi connectivity index (χ4n) is 1.38. The van der Waals surface area contributed by atoms with E-state index in [0.29, 0.717) is 19.8 Å². The molecule has 0 spiro atoms. The van der Waals surface area contributed by atoms with Gasteiger partial charge in [0.15, 0.2) is 0 Å². The van der Waals surface area contributed by atoms with Gasteiger partial charge < -0.3 is 14.6 Å². The van der Waals surface area contributed by atoms with Gasteiger partial charge in [0.1, 0.15) is 12.4 Å². The highest BCUT2D eigenvalue weighted by molar-refractivity contribution is 5.20. The highest BCUT2D eigenvalue weighted by Crippen LogP contribution is 2.09. The van der Waals surface area contributed by atoms with Crippen molar-refractivity contribution in [2.45, 2.75) is 26.4 Å². The third-order valence-corrected chi connectivity index (χ3v) is 2.83. The number of hydrogen-bond acceptors (Lipinski definition) is 3. The van der Waals surface area contributed by atoms with Gasteiger partial charge in [-0.15, -0.1) is 0 Å². The third-order valence-electron chi connectivity index (χ3n) is 2.83. The van der Waals surface area contributed by atoms with Crippen LogP contribution in [0.5, 0.6) is 5.75 Å². The van der Waals surface area contributed by atoms with Gasteiger partial charge in [-0.3, -0.25) is 0 Å². The van der Waals surface area contributed by atoms with Crippen molar-refractivity contribution < 1.29 is 14.6 Å². The van der Waals surface area contributed by atoms with Crippen LogP contribution < -0.4 is 4.74 Å². The molecule has 0 aromatic heterocycles. The fraction of sp³-hybridized carbons (Fsp3) is 0.571. The van der Waals surface area contributed by atoms with E-state index in [2.05, 4.69) is 6.92 Å². The van der Waals surface area contributed by atoms with Gasteiger partial charge in [0.25, 0.3) is 0 Å². The quantitative estimate of drug-likeness (QED) is 0.707. The van der Waals surface area contributed by atoms with Gasteiger partial charge in [-0.2, -0.15) is 0 Å². The lowest BCUT2D eigenvalue weighted by Gasteiger charge is -2.17. The molecule has 1 N–H and O–H groups in total. The molecule has 2 atom stereocenters. The highest BCUT2D eigenvalue weighted by atomic mass is 16.5. The fourth-order valence-corrected chi connectivity index (χ4v) is 1.38. The maximum absolute atomic E-state index is 9.67. The van der Waals surface area contributed by atoms with Crippen molar-refractivity contribution in [2.24, 2.45) is 5.92 Å². The Hall–Kier alpha value is -1.06. The van der Waals surface area contributed by atoms with Crippen LogP contribution in [0.1, 0.15) is 20.3 Å². The average molecular weight is 238 g/mol. The summed E-state index contributed by atoms with van der Waals surface area (Å²) in [4.78, 5) is 0. The molecule has 0 heterocycles. The minimum atomic E-state index is -0.378. The van der Waals surface area contributed by atoms with E-state index in [0.717, 1.165) is 12.2 Å². The summed E-state index contributed by atoms with van der Waals surface area (Å²) in [6, 6.07) is 9.64. The standard InChI is InChI=1S/C14H22O3/c1-3-12(2)14(15)11-16-9-10-17-13-7-5-4-6-8-13/h4-8,12,14-15H,3,9-11H2,1-2H3. The minimum Gasteiger partial charge on any atom is -0.491 e. The van der Waals surface area contributed by atoms with Crippen molar-refractivity contribution in [1.29, 1.82) is 0 Å². The molecule has 3 nitrogen and oxygen atoms in total. The zero-order valence-electron chi connectivity index (χ0n) is 10.6. The van der Waals surface area contributed by atoms with Gasteiger partial charge >= 0.3 is 0 Å². The van der Waals surface area contributed by atoms with Crippen LogP contribution in [0.25, 0.3) is 0 Å². The summed E-state index contributed by atoms with van der Waals surface area (Å²) < 4.78 is 10.8. The Morgan fingerprint density at radius 1 is 1.18 bits per heavy atom. The van der Waals surface area contributed by atoms with E-state index in [1.807, 2.05) is 37.3 Å². The molecule has 96 valence electrons. The Bertz CT molecular complexity index is 287. The summed E-state index contributed by atoms with van der Waals surface area (Å²) in [7, 11) is 0. The third kappa shape index (κ3) is 5.71. The lowest BCUT2D eigenvalue weighted by Crippen LogP contribution is -2.24. The summed E-state index contributed by atoms with van der Waals surface area (Å²) in [5.41, 5.74) is 0.